The van der Waals surface area contributed by atoms with Crippen molar-refractivity contribution in [3.63, 3.8) is 0 Å². The van der Waals surface area contributed by atoms with Crippen LogP contribution in [0.4, 0.5) is 0 Å². The number of aromatic nitrogens is 1. The third kappa shape index (κ3) is 9.61. The van der Waals surface area contributed by atoms with E-state index in [2.05, 4.69) is 27.9 Å². The second-order valence-electron chi connectivity index (χ2n) is 13.4. The Kier molecular flexibility index (Phi) is 12.2. The van der Waals surface area contributed by atoms with Gasteiger partial charge in [0, 0.05) is 68.0 Å². The Morgan fingerprint density at radius 3 is 2.54 bits per heavy atom. The molecule has 2 fully saturated rings. The number of carbonyl (C=O) groups excluding carboxylic acids is 4. The van der Waals surface area contributed by atoms with Gasteiger partial charge >= 0.3 is 0 Å². The fourth-order valence-corrected chi connectivity index (χ4v) is 8.24. The lowest BCUT2D eigenvalue weighted by Crippen LogP contribution is -2.44. The molecule has 0 saturated carbocycles. The molecule has 4 aliphatic heterocycles. The van der Waals surface area contributed by atoms with Crippen molar-refractivity contribution < 1.29 is 19.2 Å². The standard InChI is InChI=1S/C35H50N6O4S/c1-24-30-22-32(43)38-29(10-6-7-15-37-34(45)25-8-4-3-5-9-25)21-31(42)36-16-11-28-23-40(2)17-12-27(28)20-33(44)41-18-13-26(14-19-41)35(39-30)46-24/h3-5,8-9,26-29H,6-7,10-23H2,1-2H3,(H,36,42)(H,37,45)(H,38,43)/t27-,28-,29-/m0/s1. The Labute approximate surface area is 277 Å². The molecule has 2 aromatic rings. The maximum atomic E-state index is 13.4. The molecule has 250 valence electrons. The van der Waals surface area contributed by atoms with E-state index >= 15 is 0 Å². The van der Waals surface area contributed by atoms with Crippen LogP contribution >= 0.6 is 11.3 Å². The number of fused-ring (bicyclic) bond motifs is 11. The zero-order valence-electron chi connectivity index (χ0n) is 27.4. The molecule has 1 aromatic heterocycles. The summed E-state index contributed by atoms with van der Waals surface area (Å²) in [5.41, 5.74) is 1.43. The number of thiazole rings is 1. The largest absolute Gasteiger partial charge is 0.356 e. The van der Waals surface area contributed by atoms with Crippen molar-refractivity contribution in [1.82, 2.24) is 30.7 Å². The SMILES string of the molecule is Cc1sc2nc1CC(=O)N[C@@H](CCCCNC(=O)c1ccccc1)CC(=O)NCC[C@H]1CN(C)CC[C@H]1CC(=O)N1CCC2CC1. The van der Waals surface area contributed by atoms with Gasteiger partial charge < -0.3 is 25.8 Å². The van der Waals surface area contributed by atoms with Gasteiger partial charge in [-0.2, -0.15) is 0 Å². The minimum atomic E-state index is -0.308. The third-order valence-electron chi connectivity index (χ3n) is 9.90. The highest BCUT2D eigenvalue weighted by Gasteiger charge is 2.33. The number of aryl methyl sites for hydroxylation is 1. The van der Waals surface area contributed by atoms with Crippen molar-refractivity contribution in [2.45, 2.75) is 83.1 Å². The van der Waals surface area contributed by atoms with Crippen molar-refractivity contribution in [3.8, 4) is 0 Å². The summed E-state index contributed by atoms with van der Waals surface area (Å²) in [6.07, 6.45) is 6.74. The van der Waals surface area contributed by atoms with Crippen LogP contribution in [0.3, 0.4) is 0 Å². The van der Waals surface area contributed by atoms with Crippen molar-refractivity contribution >= 4 is 35.0 Å². The Bertz CT molecular complexity index is 1340. The number of carbonyl (C=O) groups is 4. The van der Waals surface area contributed by atoms with E-state index in [1.807, 2.05) is 30.0 Å². The highest BCUT2D eigenvalue weighted by Crippen LogP contribution is 2.34. The zero-order valence-corrected chi connectivity index (χ0v) is 28.2. The topological polar surface area (TPSA) is 124 Å². The first-order valence-corrected chi connectivity index (χ1v) is 17.9. The zero-order chi connectivity index (χ0) is 32.5. The average molecular weight is 651 g/mol. The molecule has 0 unspecified atom stereocenters. The van der Waals surface area contributed by atoms with E-state index in [0.717, 1.165) is 80.3 Å². The summed E-state index contributed by atoms with van der Waals surface area (Å²) in [6.45, 7) is 6.53. The predicted molar refractivity (Wildman–Crippen MR) is 180 cm³/mol. The lowest BCUT2D eigenvalue weighted by molar-refractivity contribution is -0.134. The van der Waals surface area contributed by atoms with Crippen LogP contribution in [-0.2, 0) is 20.8 Å². The Balaban J connectivity index is 1.23. The van der Waals surface area contributed by atoms with E-state index in [4.69, 9.17) is 4.98 Å². The van der Waals surface area contributed by atoms with Crippen LogP contribution in [0.5, 0.6) is 0 Å². The first-order valence-electron chi connectivity index (χ1n) is 17.1. The van der Waals surface area contributed by atoms with Crippen molar-refractivity contribution in [2.75, 3.05) is 46.3 Å². The van der Waals surface area contributed by atoms with Crippen LogP contribution in [0.15, 0.2) is 30.3 Å². The van der Waals surface area contributed by atoms with Gasteiger partial charge in [-0.3, -0.25) is 19.2 Å². The van der Waals surface area contributed by atoms with E-state index in [0.29, 0.717) is 49.2 Å². The second kappa shape index (κ2) is 16.5. The first-order chi connectivity index (χ1) is 22.2. The van der Waals surface area contributed by atoms with Gasteiger partial charge in [-0.1, -0.05) is 18.2 Å². The van der Waals surface area contributed by atoms with Gasteiger partial charge in [0.2, 0.25) is 17.7 Å². The van der Waals surface area contributed by atoms with Crippen molar-refractivity contribution in [2.24, 2.45) is 11.8 Å². The molecule has 4 bridgehead atoms. The number of rotatable bonds is 6. The summed E-state index contributed by atoms with van der Waals surface area (Å²) < 4.78 is 0. The predicted octanol–water partition coefficient (Wildman–Crippen LogP) is 3.65. The number of piperidine rings is 2. The lowest BCUT2D eigenvalue weighted by atomic mass is 9.80. The minimum Gasteiger partial charge on any atom is -0.356 e. The van der Waals surface area contributed by atoms with Crippen molar-refractivity contribution in [1.29, 1.82) is 0 Å². The van der Waals surface area contributed by atoms with Gasteiger partial charge in [0.1, 0.15) is 0 Å². The lowest BCUT2D eigenvalue weighted by Gasteiger charge is -2.38. The monoisotopic (exact) mass is 650 g/mol. The molecule has 4 aliphatic rings. The van der Waals surface area contributed by atoms with E-state index in [1.165, 1.54) is 0 Å². The minimum absolute atomic E-state index is 0.0792. The first kappa shape index (κ1) is 34.0. The Morgan fingerprint density at radius 2 is 1.76 bits per heavy atom. The number of amides is 4. The summed E-state index contributed by atoms with van der Waals surface area (Å²) in [5.74, 6) is 0.932. The smallest absolute Gasteiger partial charge is 0.251 e. The second-order valence-corrected chi connectivity index (χ2v) is 14.6. The van der Waals surface area contributed by atoms with Crippen LogP contribution in [0, 0.1) is 18.8 Å². The maximum Gasteiger partial charge on any atom is 0.251 e. The third-order valence-corrected chi connectivity index (χ3v) is 11.1. The molecule has 0 radical (unpaired) electrons. The maximum absolute atomic E-state index is 13.4. The summed E-state index contributed by atoms with van der Waals surface area (Å²) in [4.78, 5) is 62.5. The summed E-state index contributed by atoms with van der Waals surface area (Å²) in [5, 5.41) is 10.3. The summed E-state index contributed by atoms with van der Waals surface area (Å²) in [7, 11) is 2.13. The highest BCUT2D eigenvalue weighted by atomic mass is 32.1. The fraction of sp³-hybridized carbons (Fsp3) is 0.629. The molecular formula is C35H50N6O4S. The molecule has 4 amide bonds. The molecule has 3 atom stereocenters. The van der Waals surface area contributed by atoms with E-state index in [9.17, 15) is 19.2 Å². The average Bonchev–Trinajstić information content (AvgIpc) is 3.41. The summed E-state index contributed by atoms with van der Waals surface area (Å²) >= 11 is 1.67. The molecule has 10 nitrogen and oxygen atoms in total. The molecule has 6 rings (SSSR count). The normalized spacial score (nSPS) is 25.3. The van der Waals surface area contributed by atoms with Gasteiger partial charge in [-0.15, -0.1) is 11.3 Å². The molecule has 3 N–H and O–H groups in total. The molecule has 5 heterocycles. The van der Waals surface area contributed by atoms with E-state index < -0.39 is 0 Å². The van der Waals surface area contributed by atoms with Gasteiger partial charge in [0.15, 0.2) is 0 Å². The molecule has 0 aliphatic carbocycles. The number of benzene rings is 1. The molecule has 11 heteroatoms. The van der Waals surface area contributed by atoms with Gasteiger partial charge in [0.25, 0.3) is 5.91 Å². The van der Waals surface area contributed by atoms with Crippen LogP contribution in [-0.4, -0.2) is 90.8 Å². The van der Waals surface area contributed by atoms with Crippen LogP contribution in [0.1, 0.15) is 89.6 Å². The van der Waals surface area contributed by atoms with E-state index in [1.54, 1.807) is 23.5 Å². The number of nitrogens with zero attached hydrogens (tertiary/aromatic N) is 3. The van der Waals surface area contributed by atoms with Gasteiger partial charge in [-0.05, 0) is 89.4 Å². The van der Waals surface area contributed by atoms with Gasteiger partial charge in [0.05, 0.1) is 17.1 Å². The van der Waals surface area contributed by atoms with Crippen LogP contribution in [0.2, 0.25) is 0 Å². The number of hydrogen-bond acceptors (Lipinski definition) is 7. The number of nitrogens with one attached hydrogen (secondary N) is 3. The number of likely N-dealkylation sites (tertiary alicyclic amines) is 1. The molecular weight excluding hydrogens is 600 g/mol. The van der Waals surface area contributed by atoms with E-state index in [-0.39, 0.29) is 42.5 Å². The molecule has 2 saturated heterocycles. The highest BCUT2D eigenvalue weighted by molar-refractivity contribution is 7.11. The Morgan fingerprint density at radius 1 is 0.978 bits per heavy atom. The molecule has 46 heavy (non-hydrogen) atoms. The fourth-order valence-electron chi connectivity index (χ4n) is 7.13. The molecule has 0 spiro atoms. The summed E-state index contributed by atoms with van der Waals surface area (Å²) in [6, 6.07) is 8.83. The van der Waals surface area contributed by atoms with Crippen LogP contribution < -0.4 is 16.0 Å². The quantitative estimate of drug-likeness (QED) is 0.411. The number of hydrogen-bond donors (Lipinski definition) is 3. The molecule has 1 aromatic carbocycles. The Hall–Kier alpha value is -3.31. The number of unbranched alkanes of at least 4 members (excludes halogenated alkanes) is 1. The van der Waals surface area contributed by atoms with Crippen molar-refractivity contribution in [3.05, 3.63) is 51.5 Å². The van der Waals surface area contributed by atoms with Gasteiger partial charge in [-0.25, -0.2) is 4.98 Å². The van der Waals surface area contributed by atoms with Crippen LogP contribution in [0.25, 0.3) is 0 Å².